The smallest absolute Gasteiger partial charge is 0.262 e. The van der Waals surface area contributed by atoms with Gasteiger partial charge in [0.2, 0.25) is 0 Å². The molecule has 0 bridgehead atoms. The summed E-state index contributed by atoms with van der Waals surface area (Å²) in [5.41, 5.74) is 2.35. The Labute approximate surface area is 156 Å². The third-order valence-electron chi connectivity index (χ3n) is 4.70. The topological polar surface area (TPSA) is 57.8 Å². The average molecular weight is 359 g/mol. The van der Waals surface area contributed by atoms with Crippen LogP contribution < -0.4 is 5.32 Å². The molecule has 0 radical (unpaired) electrons. The Kier molecular flexibility index (Phi) is 4.47. The number of nitriles is 1. The van der Waals surface area contributed by atoms with Crippen LogP contribution in [0, 0.1) is 17.1 Å². The number of carbonyl (C=O) groups is 1. The molecule has 27 heavy (non-hydrogen) atoms. The Morgan fingerprint density at radius 1 is 1.22 bits per heavy atom. The first-order valence-electron chi connectivity index (χ1n) is 8.89. The fraction of sp³-hybridized carbons (Fsp3) is 0.182. The van der Waals surface area contributed by atoms with Crippen LogP contribution in [0.5, 0.6) is 0 Å². The van der Waals surface area contributed by atoms with E-state index in [9.17, 15) is 14.4 Å². The number of amides is 1. The number of para-hydroxylation sites is 1. The molecule has 0 atom stereocenters. The van der Waals surface area contributed by atoms with Gasteiger partial charge in [-0.1, -0.05) is 36.4 Å². The second kappa shape index (κ2) is 7.08. The van der Waals surface area contributed by atoms with Crippen LogP contribution in [0.2, 0.25) is 0 Å². The van der Waals surface area contributed by atoms with Crippen molar-refractivity contribution < 1.29 is 9.18 Å². The Morgan fingerprint density at radius 2 is 1.96 bits per heavy atom. The van der Waals surface area contributed by atoms with Crippen LogP contribution in [0.1, 0.15) is 24.0 Å². The van der Waals surface area contributed by atoms with Gasteiger partial charge in [-0.05, 0) is 31.1 Å². The van der Waals surface area contributed by atoms with Crippen LogP contribution in [0.4, 0.5) is 4.39 Å². The zero-order valence-electron chi connectivity index (χ0n) is 14.7. The molecule has 134 valence electrons. The molecule has 1 amide bonds. The fourth-order valence-corrected chi connectivity index (χ4v) is 3.13. The van der Waals surface area contributed by atoms with Crippen LogP contribution in [0.25, 0.3) is 17.0 Å². The molecule has 4 nitrogen and oxygen atoms in total. The summed E-state index contributed by atoms with van der Waals surface area (Å²) in [6, 6.07) is 16.6. The second-order valence-electron chi connectivity index (χ2n) is 6.74. The van der Waals surface area contributed by atoms with E-state index in [0.29, 0.717) is 12.1 Å². The van der Waals surface area contributed by atoms with E-state index in [2.05, 4.69) is 5.32 Å². The van der Waals surface area contributed by atoms with Crippen molar-refractivity contribution in [2.45, 2.75) is 25.4 Å². The van der Waals surface area contributed by atoms with E-state index >= 15 is 0 Å². The molecule has 1 aromatic heterocycles. The lowest BCUT2D eigenvalue weighted by Gasteiger charge is -2.06. The summed E-state index contributed by atoms with van der Waals surface area (Å²) in [5.74, 6) is -0.597. The van der Waals surface area contributed by atoms with Gasteiger partial charge in [0, 0.05) is 34.3 Å². The van der Waals surface area contributed by atoms with Crippen LogP contribution in [0.3, 0.4) is 0 Å². The molecule has 1 saturated carbocycles. The summed E-state index contributed by atoms with van der Waals surface area (Å²) in [7, 11) is 0. The highest BCUT2D eigenvalue weighted by molar-refractivity contribution is 6.04. The monoisotopic (exact) mass is 359 g/mol. The molecule has 5 heteroatoms. The Bertz CT molecular complexity index is 1090. The predicted molar refractivity (Wildman–Crippen MR) is 102 cm³/mol. The molecule has 1 N–H and O–H groups in total. The number of halogens is 1. The van der Waals surface area contributed by atoms with Crippen molar-refractivity contribution in [2.24, 2.45) is 0 Å². The molecule has 1 aliphatic rings. The molecule has 0 unspecified atom stereocenters. The fourth-order valence-electron chi connectivity index (χ4n) is 3.13. The first-order chi connectivity index (χ1) is 13.2. The van der Waals surface area contributed by atoms with Gasteiger partial charge in [-0.25, -0.2) is 4.39 Å². The summed E-state index contributed by atoms with van der Waals surface area (Å²) in [4.78, 5) is 12.2. The lowest BCUT2D eigenvalue weighted by molar-refractivity contribution is -0.117. The highest BCUT2D eigenvalue weighted by atomic mass is 19.1. The Hall–Kier alpha value is -3.39. The largest absolute Gasteiger partial charge is 0.349 e. The van der Waals surface area contributed by atoms with Crippen molar-refractivity contribution in [3.63, 3.8) is 0 Å². The first-order valence-corrected chi connectivity index (χ1v) is 8.89. The number of hydrogen-bond acceptors (Lipinski definition) is 2. The van der Waals surface area contributed by atoms with Gasteiger partial charge < -0.3 is 9.88 Å². The molecule has 4 rings (SSSR count). The molecule has 1 aliphatic carbocycles. The van der Waals surface area contributed by atoms with E-state index in [0.717, 1.165) is 29.3 Å². The minimum Gasteiger partial charge on any atom is -0.349 e. The van der Waals surface area contributed by atoms with Crippen molar-refractivity contribution >= 4 is 22.9 Å². The van der Waals surface area contributed by atoms with Crippen LogP contribution in [-0.4, -0.2) is 16.5 Å². The zero-order chi connectivity index (χ0) is 18.8. The Balaban J connectivity index is 1.73. The maximum absolute atomic E-state index is 14.1. The molecule has 2 aromatic carbocycles. The zero-order valence-corrected chi connectivity index (χ0v) is 14.7. The van der Waals surface area contributed by atoms with E-state index < -0.39 is 0 Å². The van der Waals surface area contributed by atoms with Gasteiger partial charge in [-0.3, -0.25) is 4.79 Å². The third kappa shape index (κ3) is 3.61. The van der Waals surface area contributed by atoms with Gasteiger partial charge in [0.15, 0.2) is 0 Å². The number of rotatable bonds is 5. The highest BCUT2D eigenvalue weighted by Gasteiger charge is 2.25. The summed E-state index contributed by atoms with van der Waals surface area (Å²) in [6.07, 6.45) is 5.40. The number of fused-ring (bicyclic) bond motifs is 1. The van der Waals surface area contributed by atoms with Gasteiger partial charge >= 0.3 is 0 Å². The Morgan fingerprint density at radius 3 is 2.70 bits per heavy atom. The summed E-state index contributed by atoms with van der Waals surface area (Å²) in [5, 5.41) is 13.2. The van der Waals surface area contributed by atoms with E-state index in [4.69, 9.17) is 0 Å². The lowest BCUT2D eigenvalue weighted by atomic mass is 10.1. The van der Waals surface area contributed by atoms with Gasteiger partial charge in [-0.2, -0.15) is 5.26 Å². The normalized spacial score (nSPS) is 14.1. The first kappa shape index (κ1) is 17.0. The molecule has 0 saturated heterocycles. The SMILES string of the molecule is N#C/C(=C\c1cn(Cc2ccccc2F)c2ccccc12)C(=O)NC1CC1. The van der Waals surface area contributed by atoms with E-state index in [1.165, 1.54) is 6.07 Å². The molecule has 1 heterocycles. The standard InChI is InChI=1S/C22H18FN3O/c23-20-7-3-1-5-15(20)13-26-14-17(19-6-2-4-8-21(19)26)11-16(12-24)22(27)25-18-9-10-18/h1-8,11,14,18H,9-10,13H2,(H,25,27)/b16-11+. The molecule has 1 fully saturated rings. The maximum atomic E-state index is 14.1. The van der Waals surface area contributed by atoms with Crippen LogP contribution >= 0.6 is 0 Å². The number of aromatic nitrogens is 1. The maximum Gasteiger partial charge on any atom is 0.262 e. The molecule has 0 aliphatic heterocycles. The molecular formula is C22H18FN3O. The van der Waals surface area contributed by atoms with Crippen molar-refractivity contribution in [3.05, 3.63) is 77.2 Å². The molecule has 0 spiro atoms. The van der Waals surface area contributed by atoms with Crippen molar-refractivity contribution in [1.29, 1.82) is 5.26 Å². The van der Waals surface area contributed by atoms with Gasteiger partial charge in [-0.15, -0.1) is 0 Å². The van der Waals surface area contributed by atoms with Gasteiger partial charge in [0.25, 0.3) is 5.91 Å². The van der Waals surface area contributed by atoms with E-state index in [-0.39, 0.29) is 23.3 Å². The van der Waals surface area contributed by atoms with Gasteiger partial charge in [0.1, 0.15) is 17.5 Å². The lowest BCUT2D eigenvalue weighted by Crippen LogP contribution is -2.26. The number of nitrogens with one attached hydrogen (secondary N) is 1. The quantitative estimate of drug-likeness (QED) is 0.553. The number of hydrogen-bond donors (Lipinski definition) is 1. The summed E-state index contributed by atoms with van der Waals surface area (Å²) >= 11 is 0. The van der Waals surface area contributed by atoms with Crippen LogP contribution in [0.15, 0.2) is 60.3 Å². The average Bonchev–Trinajstić information content (AvgIpc) is 3.43. The summed E-state index contributed by atoms with van der Waals surface area (Å²) < 4.78 is 16.0. The predicted octanol–water partition coefficient (Wildman–Crippen LogP) is 4.01. The molecular weight excluding hydrogens is 341 g/mol. The number of nitrogens with zero attached hydrogens (tertiary/aromatic N) is 2. The summed E-state index contributed by atoms with van der Waals surface area (Å²) in [6.45, 7) is 0.372. The van der Waals surface area contributed by atoms with Gasteiger partial charge in [0.05, 0.1) is 6.54 Å². The van der Waals surface area contributed by atoms with E-state index in [1.807, 2.05) is 41.1 Å². The van der Waals surface area contributed by atoms with Crippen LogP contribution in [-0.2, 0) is 11.3 Å². The van der Waals surface area contributed by atoms with Crippen molar-refractivity contribution in [3.8, 4) is 6.07 Å². The van der Waals surface area contributed by atoms with Crippen molar-refractivity contribution in [2.75, 3.05) is 0 Å². The minimum atomic E-state index is -0.342. The highest BCUT2D eigenvalue weighted by Crippen LogP contribution is 2.25. The minimum absolute atomic E-state index is 0.0793. The number of carbonyl (C=O) groups excluding carboxylic acids is 1. The third-order valence-corrected chi connectivity index (χ3v) is 4.70. The van der Waals surface area contributed by atoms with Crippen molar-refractivity contribution in [1.82, 2.24) is 9.88 Å². The second-order valence-corrected chi connectivity index (χ2v) is 6.74. The number of benzene rings is 2. The van der Waals surface area contributed by atoms with E-state index in [1.54, 1.807) is 24.3 Å². The molecule has 3 aromatic rings.